The molecule has 1 atom stereocenters. The summed E-state index contributed by atoms with van der Waals surface area (Å²) in [6.07, 6.45) is 0.910. The highest BCUT2D eigenvalue weighted by molar-refractivity contribution is 9.10. The molecule has 19 heavy (non-hydrogen) atoms. The Balaban J connectivity index is 2.11. The van der Waals surface area contributed by atoms with Crippen LogP contribution in [0.1, 0.15) is 17.4 Å². The van der Waals surface area contributed by atoms with Crippen molar-refractivity contribution >= 4 is 33.0 Å². The average Bonchev–Trinajstić information content (AvgIpc) is 2.80. The molecule has 1 unspecified atom stereocenters. The topological polar surface area (TPSA) is 29.3 Å². The lowest BCUT2D eigenvalue weighted by molar-refractivity contribution is 0.737. The maximum Gasteiger partial charge on any atom is 0.0519 e. The monoisotopic (exact) mass is 338 g/mol. The van der Waals surface area contributed by atoms with Gasteiger partial charge in [0.25, 0.3) is 0 Å². The van der Waals surface area contributed by atoms with Crippen molar-refractivity contribution in [2.75, 3.05) is 11.9 Å². The van der Waals surface area contributed by atoms with E-state index in [0.29, 0.717) is 0 Å². The van der Waals surface area contributed by atoms with Crippen molar-refractivity contribution < 1.29 is 0 Å². The molecule has 4 heteroatoms. The standard InChI is InChI=1S/C15H19BrN2S/c1-11(17)8-12-5-6-15(14(16)9-12)18(2)10-13-4-3-7-19-13/h3-7,9,11H,8,10,17H2,1-2H3. The van der Waals surface area contributed by atoms with Crippen LogP contribution in [0, 0.1) is 0 Å². The van der Waals surface area contributed by atoms with Gasteiger partial charge in [-0.2, -0.15) is 0 Å². The van der Waals surface area contributed by atoms with Gasteiger partial charge in [-0.15, -0.1) is 11.3 Å². The molecule has 0 saturated heterocycles. The van der Waals surface area contributed by atoms with E-state index in [1.165, 1.54) is 16.1 Å². The van der Waals surface area contributed by atoms with Crippen molar-refractivity contribution in [3.05, 3.63) is 50.6 Å². The normalized spacial score (nSPS) is 12.4. The molecule has 0 radical (unpaired) electrons. The minimum absolute atomic E-state index is 0.196. The van der Waals surface area contributed by atoms with E-state index in [1.54, 1.807) is 11.3 Å². The SMILES string of the molecule is CC(N)Cc1ccc(N(C)Cc2cccs2)c(Br)c1. The van der Waals surface area contributed by atoms with Crippen LogP contribution in [0.2, 0.25) is 0 Å². The molecular formula is C15H19BrN2S. The largest absolute Gasteiger partial charge is 0.369 e. The third-order valence-electron chi connectivity index (χ3n) is 2.95. The molecule has 1 aromatic heterocycles. The molecule has 0 bridgehead atoms. The Kier molecular flexibility index (Phi) is 5.02. The first-order valence-electron chi connectivity index (χ1n) is 6.34. The number of hydrogen-bond donors (Lipinski definition) is 1. The minimum atomic E-state index is 0.196. The van der Waals surface area contributed by atoms with Gasteiger partial charge in [0.2, 0.25) is 0 Å². The molecule has 2 rings (SSSR count). The van der Waals surface area contributed by atoms with Gasteiger partial charge < -0.3 is 10.6 Å². The third kappa shape index (κ3) is 4.06. The number of nitrogens with zero attached hydrogens (tertiary/aromatic N) is 1. The van der Waals surface area contributed by atoms with Crippen molar-refractivity contribution in [3.8, 4) is 0 Å². The number of thiophene rings is 1. The van der Waals surface area contributed by atoms with Crippen molar-refractivity contribution in [3.63, 3.8) is 0 Å². The Hall–Kier alpha value is -0.840. The second-order valence-electron chi connectivity index (χ2n) is 4.90. The van der Waals surface area contributed by atoms with Gasteiger partial charge >= 0.3 is 0 Å². The molecule has 102 valence electrons. The fourth-order valence-corrected chi connectivity index (χ4v) is 3.57. The molecule has 0 aliphatic carbocycles. The molecule has 0 aliphatic rings. The highest BCUT2D eigenvalue weighted by Gasteiger charge is 2.08. The number of nitrogens with two attached hydrogens (primary N) is 1. The highest BCUT2D eigenvalue weighted by Crippen LogP contribution is 2.28. The Labute approximate surface area is 127 Å². The fraction of sp³-hybridized carbons (Fsp3) is 0.333. The van der Waals surface area contributed by atoms with Gasteiger partial charge in [-0.25, -0.2) is 0 Å². The van der Waals surface area contributed by atoms with Crippen LogP contribution in [0.4, 0.5) is 5.69 Å². The quantitative estimate of drug-likeness (QED) is 0.891. The summed E-state index contributed by atoms with van der Waals surface area (Å²) in [5.74, 6) is 0. The maximum atomic E-state index is 5.84. The summed E-state index contributed by atoms with van der Waals surface area (Å²) in [4.78, 5) is 3.63. The summed E-state index contributed by atoms with van der Waals surface area (Å²) in [5.41, 5.74) is 8.32. The van der Waals surface area contributed by atoms with Crippen LogP contribution < -0.4 is 10.6 Å². The number of anilines is 1. The predicted octanol–water partition coefficient (Wildman–Crippen LogP) is 4.04. The van der Waals surface area contributed by atoms with E-state index in [0.717, 1.165) is 17.4 Å². The lowest BCUT2D eigenvalue weighted by Crippen LogP contribution is -2.18. The van der Waals surface area contributed by atoms with Gasteiger partial charge in [0.1, 0.15) is 0 Å². The summed E-state index contributed by atoms with van der Waals surface area (Å²) < 4.78 is 1.13. The van der Waals surface area contributed by atoms with Crippen LogP contribution in [-0.4, -0.2) is 13.1 Å². The van der Waals surface area contributed by atoms with E-state index >= 15 is 0 Å². The predicted molar refractivity (Wildman–Crippen MR) is 87.9 cm³/mol. The highest BCUT2D eigenvalue weighted by atomic mass is 79.9. The van der Waals surface area contributed by atoms with Gasteiger partial charge in [0, 0.05) is 22.4 Å². The summed E-state index contributed by atoms with van der Waals surface area (Å²) in [6, 6.07) is 10.9. The molecule has 0 saturated carbocycles. The molecule has 2 N–H and O–H groups in total. The second kappa shape index (κ2) is 6.55. The van der Waals surface area contributed by atoms with Crippen LogP contribution in [-0.2, 0) is 13.0 Å². The van der Waals surface area contributed by atoms with Crippen LogP contribution in [0.3, 0.4) is 0 Å². The van der Waals surface area contributed by atoms with Crippen LogP contribution in [0.5, 0.6) is 0 Å². The van der Waals surface area contributed by atoms with Crippen molar-refractivity contribution in [1.29, 1.82) is 0 Å². The van der Waals surface area contributed by atoms with Crippen molar-refractivity contribution in [1.82, 2.24) is 0 Å². The van der Waals surface area contributed by atoms with Crippen LogP contribution in [0.25, 0.3) is 0 Å². The van der Waals surface area contributed by atoms with E-state index in [4.69, 9.17) is 5.73 Å². The first-order valence-corrected chi connectivity index (χ1v) is 8.01. The van der Waals surface area contributed by atoms with Gasteiger partial charge in [-0.05, 0) is 58.4 Å². The molecule has 2 aromatic rings. The lowest BCUT2D eigenvalue weighted by atomic mass is 10.1. The Morgan fingerprint density at radius 1 is 1.37 bits per heavy atom. The van der Waals surface area contributed by atoms with E-state index in [2.05, 4.69) is 63.6 Å². The van der Waals surface area contributed by atoms with Gasteiger partial charge in [0.15, 0.2) is 0 Å². The van der Waals surface area contributed by atoms with Gasteiger partial charge in [-0.1, -0.05) is 12.1 Å². The zero-order valence-electron chi connectivity index (χ0n) is 11.3. The smallest absolute Gasteiger partial charge is 0.0519 e. The lowest BCUT2D eigenvalue weighted by Gasteiger charge is -2.21. The van der Waals surface area contributed by atoms with Crippen molar-refractivity contribution in [2.45, 2.75) is 25.9 Å². The molecule has 2 nitrogen and oxygen atoms in total. The maximum absolute atomic E-state index is 5.84. The molecule has 0 spiro atoms. The first-order chi connectivity index (χ1) is 9.06. The van der Waals surface area contributed by atoms with Gasteiger partial charge in [0.05, 0.1) is 12.2 Å². The zero-order valence-corrected chi connectivity index (χ0v) is 13.7. The van der Waals surface area contributed by atoms with E-state index in [1.807, 2.05) is 6.92 Å². The zero-order chi connectivity index (χ0) is 13.8. The van der Waals surface area contributed by atoms with Crippen LogP contribution >= 0.6 is 27.3 Å². The Bertz CT molecular complexity index is 523. The molecule has 0 aliphatic heterocycles. The summed E-state index contributed by atoms with van der Waals surface area (Å²) in [5, 5.41) is 2.12. The first kappa shape index (κ1) is 14.6. The van der Waals surface area contributed by atoms with Crippen molar-refractivity contribution in [2.24, 2.45) is 5.73 Å². The summed E-state index contributed by atoms with van der Waals surface area (Å²) in [6.45, 7) is 2.97. The molecular weight excluding hydrogens is 320 g/mol. The average molecular weight is 339 g/mol. The van der Waals surface area contributed by atoms with Gasteiger partial charge in [-0.3, -0.25) is 0 Å². The summed E-state index contributed by atoms with van der Waals surface area (Å²) >= 11 is 5.45. The molecule has 1 aromatic carbocycles. The molecule has 1 heterocycles. The number of rotatable bonds is 5. The van der Waals surface area contributed by atoms with E-state index in [-0.39, 0.29) is 6.04 Å². The Morgan fingerprint density at radius 3 is 2.74 bits per heavy atom. The third-order valence-corrected chi connectivity index (χ3v) is 4.45. The number of halogens is 1. The Morgan fingerprint density at radius 2 is 2.16 bits per heavy atom. The fourth-order valence-electron chi connectivity index (χ4n) is 2.08. The summed E-state index contributed by atoms with van der Waals surface area (Å²) in [7, 11) is 2.12. The second-order valence-corrected chi connectivity index (χ2v) is 6.79. The van der Waals surface area contributed by atoms with E-state index < -0.39 is 0 Å². The molecule has 0 amide bonds. The molecule has 0 fully saturated rings. The van der Waals surface area contributed by atoms with E-state index in [9.17, 15) is 0 Å². The number of hydrogen-bond acceptors (Lipinski definition) is 3. The van der Waals surface area contributed by atoms with Crippen LogP contribution in [0.15, 0.2) is 40.2 Å². The number of benzene rings is 1. The minimum Gasteiger partial charge on any atom is -0.369 e.